The number of hydrogen-bond donors (Lipinski definition) is 1. The van der Waals surface area contributed by atoms with Gasteiger partial charge in [-0.25, -0.2) is 0 Å². The van der Waals surface area contributed by atoms with Crippen molar-refractivity contribution < 1.29 is 9.53 Å². The van der Waals surface area contributed by atoms with E-state index in [-0.39, 0.29) is 11.8 Å². The van der Waals surface area contributed by atoms with Gasteiger partial charge >= 0.3 is 0 Å². The van der Waals surface area contributed by atoms with E-state index in [1.165, 1.54) is 11.1 Å². The largest absolute Gasteiger partial charge is 0.492 e. The summed E-state index contributed by atoms with van der Waals surface area (Å²) in [7, 11) is 0. The lowest BCUT2D eigenvalue weighted by atomic mass is 9.98. The number of amides is 1. The zero-order chi connectivity index (χ0) is 17.5. The Morgan fingerprint density at radius 2 is 1.80 bits per heavy atom. The summed E-state index contributed by atoms with van der Waals surface area (Å²) >= 11 is 0. The van der Waals surface area contributed by atoms with Crippen LogP contribution < -0.4 is 10.5 Å². The molecule has 0 bridgehead atoms. The maximum atomic E-state index is 11.3. The minimum Gasteiger partial charge on any atom is -0.492 e. The Morgan fingerprint density at radius 3 is 2.52 bits per heavy atom. The lowest BCUT2D eigenvalue weighted by molar-refractivity contribution is -0.123. The molecule has 0 radical (unpaired) electrons. The van der Waals surface area contributed by atoms with Gasteiger partial charge in [0, 0.05) is 13.1 Å². The van der Waals surface area contributed by atoms with E-state index in [1.54, 1.807) is 0 Å². The third kappa shape index (κ3) is 5.33. The van der Waals surface area contributed by atoms with Gasteiger partial charge in [0.1, 0.15) is 12.4 Å². The van der Waals surface area contributed by atoms with Gasteiger partial charge in [-0.1, -0.05) is 42.5 Å². The van der Waals surface area contributed by atoms with Gasteiger partial charge in [0.15, 0.2) is 0 Å². The number of rotatable bonds is 7. The Balaban J connectivity index is 1.43. The van der Waals surface area contributed by atoms with Gasteiger partial charge in [0.05, 0.1) is 5.92 Å². The molecule has 0 aromatic heterocycles. The zero-order valence-corrected chi connectivity index (χ0v) is 14.6. The fourth-order valence-electron chi connectivity index (χ4n) is 3.32. The molecule has 25 heavy (non-hydrogen) atoms. The molecule has 0 aliphatic carbocycles. The zero-order valence-electron chi connectivity index (χ0n) is 14.6. The number of piperidine rings is 1. The smallest absolute Gasteiger partial charge is 0.221 e. The highest BCUT2D eigenvalue weighted by molar-refractivity contribution is 5.76. The van der Waals surface area contributed by atoms with E-state index < -0.39 is 0 Å². The Bertz CT molecular complexity index is 670. The predicted octanol–water partition coefficient (Wildman–Crippen LogP) is 2.85. The lowest BCUT2D eigenvalue weighted by Gasteiger charge is -2.30. The van der Waals surface area contributed by atoms with Crippen LogP contribution >= 0.6 is 0 Å². The summed E-state index contributed by atoms with van der Waals surface area (Å²) in [4.78, 5) is 13.6. The van der Waals surface area contributed by atoms with Crippen LogP contribution in [0.2, 0.25) is 0 Å². The fraction of sp³-hybridized carbons (Fsp3) is 0.381. The maximum Gasteiger partial charge on any atom is 0.221 e. The SMILES string of the molecule is NC(=O)C1CCCN(CCOc2ccc(Cc3ccccc3)cc2)C1. The number of carbonyl (C=O) groups excluding carboxylic acids is 1. The van der Waals surface area contributed by atoms with Gasteiger partial charge < -0.3 is 10.5 Å². The highest BCUT2D eigenvalue weighted by atomic mass is 16.5. The second kappa shape index (κ2) is 8.67. The van der Waals surface area contributed by atoms with E-state index in [0.717, 1.165) is 44.6 Å². The van der Waals surface area contributed by atoms with E-state index in [1.807, 2.05) is 18.2 Å². The van der Waals surface area contributed by atoms with E-state index >= 15 is 0 Å². The van der Waals surface area contributed by atoms with Crippen LogP contribution in [0.25, 0.3) is 0 Å². The lowest BCUT2D eigenvalue weighted by Crippen LogP contribution is -2.42. The first-order chi connectivity index (χ1) is 12.2. The van der Waals surface area contributed by atoms with Crippen LogP contribution in [-0.2, 0) is 11.2 Å². The van der Waals surface area contributed by atoms with E-state index in [0.29, 0.717) is 6.61 Å². The average Bonchev–Trinajstić information content (AvgIpc) is 2.64. The van der Waals surface area contributed by atoms with Crippen molar-refractivity contribution in [1.29, 1.82) is 0 Å². The van der Waals surface area contributed by atoms with Gasteiger partial charge in [-0.05, 0) is 49.1 Å². The van der Waals surface area contributed by atoms with Crippen LogP contribution in [0, 0.1) is 5.92 Å². The number of nitrogens with zero attached hydrogens (tertiary/aromatic N) is 1. The van der Waals surface area contributed by atoms with Gasteiger partial charge in [-0.15, -0.1) is 0 Å². The van der Waals surface area contributed by atoms with Gasteiger partial charge in [-0.2, -0.15) is 0 Å². The highest BCUT2D eigenvalue weighted by Gasteiger charge is 2.23. The number of ether oxygens (including phenoxy) is 1. The quantitative estimate of drug-likeness (QED) is 0.844. The van der Waals surface area contributed by atoms with Gasteiger partial charge in [0.2, 0.25) is 5.91 Å². The van der Waals surface area contributed by atoms with Crippen LogP contribution in [-0.4, -0.2) is 37.0 Å². The molecule has 1 aliphatic rings. The van der Waals surface area contributed by atoms with E-state index in [2.05, 4.69) is 41.3 Å². The van der Waals surface area contributed by atoms with Crippen LogP contribution in [0.3, 0.4) is 0 Å². The maximum absolute atomic E-state index is 11.3. The first kappa shape index (κ1) is 17.5. The molecule has 1 amide bonds. The van der Waals surface area contributed by atoms with Crippen LogP contribution in [0.1, 0.15) is 24.0 Å². The molecular formula is C21H26N2O2. The van der Waals surface area contributed by atoms with Crippen LogP contribution in [0.5, 0.6) is 5.75 Å². The average molecular weight is 338 g/mol. The molecule has 4 heteroatoms. The molecule has 0 spiro atoms. The number of primary amides is 1. The molecule has 132 valence electrons. The Morgan fingerprint density at radius 1 is 1.08 bits per heavy atom. The standard InChI is InChI=1S/C21H26N2O2/c22-21(24)19-7-4-12-23(16-19)13-14-25-20-10-8-18(9-11-20)15-17-5-2-1-3-6-17/h1-3,5-6,8-11,19H,4,7,12-16H2,(H2,22,24). The van der Waals surface area contributed by atoms with E-state index in [9.17, 15) is 4.79 Å². The fourth-order valence-corrected chi connectivity index (χ4v) is 3.32. The number of likely N-dealkylation sites (tertiary alicyclic amines) is 1. The van der Waals surface area contributed by atoms with E-state index in [4.69, 9.17) is 10.5 Å². The molecule has 1 aliphatic heterocycles. The summed E-state index contributed by atoms with van der Waals surface area (Å²) in [6.45, 7) is 3.23. The summed E-state index contributed by atoms with van der Waals surface area (Å²) in [5.74, 6) is 0.700. The Kier molecular flexibility index (Phi) is 6.07. The Labute approximate surface area is 149 Å². The van der Waals surface area contributed by atoms with Gasteiger partial charge in [0.25, 0.3) is 0 Å². The van der Waals surface area contributed by atoms with Crippen molar-refractivity contribution in [2.45, 2.75) is 19.3 Å². The van der Waals surface area contributed by atoms with Crippen molar-refractivity contribution in [3.8, 4) is 5.75 Å². The van der Waals surface area contributed by atoms with Crippen molar-refractivity contribution in [2.24, 2.45) is 11.7 Å². The number of nitrogens with two attached hydrogens (primary N) is 1. The highest BCUT2D eigenvalue weighted by Crippen LogP contribution is 2.17. The molecule has 1 unspecified atom stereocenters. The first-order valence-corrected chi connectivity index (χ1v) is 8.98. The molecule has 2 N–H and O–H groups in total. The molecule has 1 heterocycles. The van der Waals surface area contributed by atoms with Crippen LogP contribution in [0.15, 0.2) is 54.6 Å². The second-order valence-corrected chi connectivity index (χ2v) is 6.70. The number of carbonyl (C=O) groups is 1. The summed E-state index contributed by atoms with van der Waals surface area (Å²) < 4.78 is 5.85. The first-order valence-electron chi connectivity index (χ1n) is 8.98. The molecule has 0 saturated carbocycles. The van der Waals surface area contributed by atoms with Crippen molar-refractivity contribution in [2.75, 3.05) is 26.2 Å². The predicted molar refractivity (Wildman–Crippen MR) is 99.5 cm³/mol. The summed E-state index contributed by atoms with van der Waals surface area (Å²) in [6, 6.07) is 18.7. The minimum atomic E-state index is -0.181. The number of hydrogen-bond acceptors (Lipinski definition) is 3. The Hall–Kier alpha value is -2.33. The normalized spacial score (nSPS) is 18.0. The molecule has 4 nitrogen and oxygen atoms in total. The third-order valence-corrected chi connectivity index (χ3v) is 4.76. The molecule has 1 atom stereocenters. The molecule has 3 rings (SSSR count). The topological polar surface area (TPSA) is 55.6 Å². The van der Waals surface area contributed by atoms with Gasteiger partial charge in [-0.3, -0.25) is 9.69 Å². The number of benzene rings is 2. The molecule has 1 fully saturated rings. The summed E-state index contributed by atoms with van der Waals surface area (Å²) in [5.41, 5.74) is 8.01. The molecule has 2 aromatic carbocycles. The molecule has 2 aromatic rings. The summed E-state index contributed by atoms with van der Waals surface area (Å²) in [5, 5.41) is 0. The van der Waals surface area contributed by atoms with Crippen molar-refractivity contribution >= 4 is 5.91 Å². The molecular weight excluding hydrogens is 312 g/mol. The van der Waals surface area contributed by atoms with Crippen molar-refractivity contribution in [1.82, 2.24) is 4.90 Å². The summed E-state index contributed by atoms with van der Waals surface area (Å²) in [6.07, 6.45) is 2.88. The van der Waals surface area contributed by atoms with Crippen molar-refractivity contribution in [3.63, 3.8) is 0 Å². The van der Waals surface area contributed by atoms with Crippen molar-refractivity contribution in [3.05, 3.63) is 65.7 Å². The minimum absolute atomic E-state index is 0.00831. The van der Waals surface area contributed by atoms with Crippen LogP contribution in [0.4, 0.5) is 0 Å². The second-order valence-electron chi connectivity index (χ2n) is 6.70. The molecule has 1 saturated heterocycles. The third-order valence-electron chi connectivity index (χ3n) is 4.76. The monoisotopic (exact) mass is 338 g/mol.